The Labute approximate surface area is 127 Å². The summed E-state index contributed by atoms with van der Waals surface area (Å²) in [5.41, 5.74) is 6.77. The smallest absolute Gasteiger partial charge is 0.178 e. The molecular weight excluding hydrogens is 284 g/mol. The van der Waals surface area contributed by atoms with Gasteiger partial charge in [-0.2, -0.15) is 0 Å². The van der Waals surface area contributed by atoms with Crippen molar-refractivity contribution in [2.24, 2.45) is 11.7 Å². The van der Waals surface area contributed by atoms with Crippen LogP contribution in [0.1, 0.15) is 32.3 Å². The quantitative estimate of drug-likeness (QED) is 0.904. The zero-order chi connectivity index (χ0) is 15.3. The SMILES string of the molecule is CC1CC(C)N(C2(CN)CCS(=O)(=O)c3ccccc32)C1. The molecule has 21 heavy (non-hydrogen) atoms. The third-order valence-electron chi connectivity index (χ3n) is 5.18. The Balaban J connectivity index is 2.16. The number of nitrogens with two attached hydrogens (primary N) is 1. The van der Waals surface area contributed by atoms with E-state index in [4.69, 9.17) is 5.73 Å². The largest absolute Gasteiger partial charge is 0.328 e. The lowest BCUT2D eigenvalue weighted by Gasteiger charge is -2.47. The topological polar surface area (TPSA) is 63.4 Å². The van der Waals surface area contributed by atoms with Crippen molar-refractivity contribution in [2.75, 3.05) is 18.8 Å². The van der Waals surface area contributed by atoms with Crippen LogP contribution in [0.4, 0.5) is 0 Å². The van der Waals surface area contributed by atoms with Crippen molar-refractivity contribution in [3.63, 3.8) is 0 Å². The fourth-order valence-electron chi connectivity index (χ4n) is 4.19. The zero-order valence-corrected chi connectivity index (χ0v) is 13.6. The van der Waals surface area contributed by atoms with Crippen LogP contribution in [-0.4, -0.2) is 38.2 Å². The molecule has 1 fully saturated rings. The second-order valence-corrected chi connectivity index (χ2v) is 8.72. The van der Waals surface area contributed by atoms with Crippen LogP contribution in [0.2, 0.25) is 0 Å². The molecule has 2 heterocycles. The van der Waals surface area contributed by atoms with Gasteiger partial charge in [0.15, 0.2) is 9.84 Å². The summed E-state index contributed by atoms with van der Waals surface area (Å²) < 4.78 is 24.8. The number of hydrogen-bond acceptors (Lipinski definition) is 4. The molecular formula is C16H24N2O2S. The maximum Gasteiger partial charge on any atom is 0.178 e. The van der Waals surface area contributed by atoms with Gasteiger partial charge < -0.3 is 5.73 Å². The second-order valence-electron chi connectivity index (χ2n) is 6.64. The first-order valence-electron chi connectivity index (χ1n) is 7.70. The Morgan fingerprint density at radius 3 is 2.67 bits per heavy atom. The average Bonchev–Trinajstić information content (AvgIpc) is 2.80. The lowest BCUT2D eigenvalue weighted by molar-refractivity contribution is 0.0742. The molecule has 4 nitrogen and oxygen atoms in total. The molecule has 2 aliphatic heterocycles. The van der Waals surface area contributed by atoms with Crippen LogP contribution in [-0.2, 0) is 15.4 Å². The van der Waals surface area contributed by atoms with Gasteiger partial charge in [-0.3, -0.25) is 4.90 Å². The Hall–Kier alpha value is -0.910. The molecule has 3 atom stereocenters. The van der Waals surface area contributed by atoms with Gasteiger partial charge in [-0.15, -0.1) is 0 Å². The van der Waals surface area contributed by atoms with Crippen LogP contribution in [0.3, 0.4) is 0 Å². The van der Waals surface area contributed by atoms with Crippen LogP contribution < -0.4 is 5.73 Å². The van der Waals surface area contributed by atoms with Crippen molar-refractivity contribution in [1.82, 2.24) is 4.90 Å². The van der Waals surface area contributed by atoms with Crippen molar-refractivity contribution in [1.29, 1.82) is 0 Å². The van der Waals surface area contributed by atoms with Gasteiger partial charge in [0, 0.05) is 19.1 Å². The molecule has 116 valence electrons. The highest BCUT2D eigenvalue weighted by Gasteiger charge is 2.48. The van der Waals surface area contributed by atoms with Gasteiger partial charge in [-0.25, -0.2) is 8.42 Å². The minimum Gasteiger partial charge on any atom is -0.328 e. The van der Waals surface area contributed by atoms with Gasteiger partial charge in [-0.1, -0.05) is 25.1 Å². The Bertz CT molecular complexity index is 643. The molecule has 5 heteroatoms. The Morgan fingerprint density at radius 1 is 1.33 bits per heavy atom. The van der Waals surface area contributed by atoms with Crippen molar-refractivity contribution >= 4 is 9.84 Å². The standard InChI is InChI=1S/C16H24N2O2S/c1-12-9-13(2)18(10-12)16(11-17)7-8-21(19,20)15-6-4-3-5-14(15)16/h3-6,12-13H,7-11,17H2,1-2H3. The second kappa shape index (κ2) is 5.07. The highest BCUT2D eigenvalue weighted by atomic mass is 32.2. The van der Waals surface area contributed by atoms with Gasteiger partial charge in [0.2, 0.25) is 0 Å². The van der Waals surface area contributed by atoms with Gasteiger partial charge in [0.25, 0.3) is 0 Å². The van der Waals surface area contributed by atoms with E-state index >= 15 is 0 Å². The van der Waals surface area contributed by atoms with E-state index in [-0.39, 0.29) is 11.3 Å². The van der Waals surface area contributed by atoms with Crippen molar-refractivity contribution in [2.45, 2.75) is 43.2 Å². The summed E-state index contributed by atoms with van der Waals surface area (Å²) in [7, 11) is -3.17. The number of nitrogens with zero attached hydrogens (tertiary/aromatic N) is 1. The maximum atomic E-state index is 12.4. The molecule has 0 amide bonds. The fraction of sp³-hybridized carbons (Fsp3) is 0.625. The molecule has 1 aromatic rings. The van der Waals surface area contributed by atoms with E-state index in [9.17, 15) is 8.42 Å². The first-order chi connectivity index (χ1) is 9.90. The number of hydrogen-bond donors (Lipinski definition) is 1. The lowest BCUT2D eigenvalue weighted by Crippen LogP contribution is -2.55. The van der Waals surface area contributed by atoms with Crippen LogP contribution in [0, 0.1) is 5.92 Å². The van der Waals surface area contributed by atoms with Gasteiger partial charge in [0.1, 0.15) is 0 Å². The monoisotopic (exact) mass is 308 g/mol. The summed E-state index contributed by atoms with van der Waals surface area (Å²) in [5, 5.41) is 0. The van der Waals surface area contributed by atoms with Crippen molar-refractivity contribution in [3.05, 3.63) is 29.8 Å². The van der Waals surface area contributed by atoms with Gasteiger partial charge in [0.05, 0.1) is 16.2 Å². The molecule has 0 aromatic heterocycles. The van der Waals surface area contributed by atoms with E-state index in [2.05, 4.69) is 18.7 Å². The van der Waals surface area contributed by atoms with Crippen LogP contribution in [0.15, 0.2) is 29.2 Å². The number of fused-ring (bicyclic) bond motifs is 1. The third kappa shape index (κ3) is 2.22. The summed E-state index contributed by atoms with van der Waals surface area (Å²) in [6.45, 7) is 5.95. The van der Waals surface area contributed by atoms with E-state index in [0.717, 1.165) is 18.5 Å². The fourth-order valence-corrected chi connectivity index (χ4v) is 5.90. The minimum atomic E-state index is -3.17. The Kier molecular flexibility index (Phi) is 3.62. The summed E-state index contributed by atoms with van der Waals surface area (Å²) in [5.74, 6) is 0.827. The van der Waals surface area contributed by atoms with Gasteiger partial charge >= 0.3 is 0 Å². The third-order valence-corrected chi connectivity index (χ3v) is 6.95. The van der Waals surface area contributed by atoms with Crippen LogP contribution >= 0.6 is 0 Å². The molecule has 1 aromatic carbocycles. The van der Waals surface area contributed by atoms with Crippen LogP contribution in [0.5, 0.6) is 0 Å². The molecule has 0 saturated carbocycles. The number of benzene rings is 1. The Morgan fingerprint density at radius 2 is 2.05 bits per heavy atom. The van der Waals surface area contributed by atoms with Crippen LogP contribution in [0.25, 0.3) is 0 Å². The van der Waals surface area contributed by atoms with E-state index in [1.165, 1.54) is 0 Å². The molecule has 1 saturated heterocycles. The van der Waals surface area contributed by atoms with E-state index in [1.54, 1.807) is 12.1 Å². The molecule has 0 bridgehead atoms. The predicted octanol–water partition coefficient (Wildman–Crippen LogP) is 1.75. The van der Waals surface area contributed by atoms with Gasteiger partial charge in [-0.05, 0) is 37.3 Å². The number of sulfone groups is 1. The average molecular weight is 308 g/mol. The first kappa shape index (κ1) is 15.0. The van der Waals surface area contributed by atoms with E-state index < -0.39 is 9.84 Å². The summed E-state index contributed by atoms with van der Waals surface area (Å²) in [6.07, 6.45) is 1.75. The summed E-state index contributed by atoms with van der Waals surface area (Å²) >= 11 is 0. The van der Waals surface area contributed by atoms with Crippen molar-refractivity contribution < 1.29 is 8.42 Å². The summed E-state index contributed by atoms with van der Waals surface area (Å²) in [6, 6.07) is 7.86. The van der Waals surface area contributed by atoms with E-state index in [1.807, 2.05) is 12.1 Å². The molecule has 3 unspecified atom stereocenters. The maximum absolute atomic E-state index is 12.4. The number of rotatable bonds is 2. The molecule has 2 N–H and O–H groups in total. The summed E-state index contributed by atoms with van der Waals surface area (Å²) in [4.78, 5) is 2.93. The predicted molar refractivity (Wildman–Crippen MR) is 83.8 cm³/mol. The molecule has 0 spiro atoms. The molecule has 3 rings (SSSR count). The van der Waals surface area contributed by atoms with Crippen molar-refractivity contribution in [3.8, 4) is 0 Å². The normalized spacial score (nSPS) is 35.6. The molecule has 0 radical (unpaired) electrons. The minimum absolute atomic E-state index is 0.193. The highest BCUT2D eigenvalue weighted by Crippen LogP contribution is 2.44. The number of likely N-dealkylation sites (tertiary alicyclic amines) is 1. The highest BCUT2D eigenvalue weighted by molar-refractivity contribution is 7.91. The molecule has 2 aliphatic rings. The molecule has 0 aliphatic carbocycles. The lowest BCUT2D eigenvalue weighted by atomic mass is 9.84. The zero-order valence-electron chi connectivity index (χ0n) is 12.7. The van der Waals surface area contributed by atoms with E-state index in [0.29, 0.717) is 29.8 Å². The first-order valence-corrected chi connectivity index (χ1v) is 9.35.